The summed E-state index contributed by atoms with van der Waals surface area (Å²) < 4.78 is 44.1. The first kappa shape index (κ1) is 20.2. The van der Waals surface area contributed by atoms with Crippen molar-refractivity contribution in [2.45, 2.75) is 44.2 Å². The fourth-order valence-corrected chi connectivity index (χ4v) is 5.32. The molecule has 0 bridgehead atoms. The maximum atomic E-state index is 13.6. The number of fused-ring (bicyclic) bond motifs is 2. The molecule has 1 unspecified atom stereocenters. The molecule has 158 valence electrons. The van der Waals surface area contributed by atoms with Crippen molar-refractivity contribution in [2.24, 2.45) is 0 Å². The van der Waals surface area contributed by atoms with Gasteiger partial charge in [0.25, 0.3) is 10.0 Å². The van der Waals surface area contributed by atoms with Crippen LogP contribution < -0.4 is 13.8 Å². The molecule has 0 N–H and O–H groups in total. The molecule has 9 heteroatoms. The molecule has 2 heterocycles. The number of sulfonamides is 1. The van der Waals surface area contributed by atoms with E-state index < -0.39 is 33.4 Å². The highest BCUT2D eigenvalue weighted by atomic mass is 32.2. The molecule has 2 aliphatic heterocycles. The van der Waals surface area contributed by atoms with Crippen LogP contribution >= 0.6 is 0 Å². The van der Waals surface area contributed by atoms with Crippen LogP contribution in [-0.4, -0.2) is 38.6 Å². The van der Waals surface area contributed by atoms with E-state index in [1.807, 2.05) is 0 Å². The van der Waals surface area contributed by atoms with Gasteiger partial charge in [-0.05, 0) is 51.5 Å². The fourth-order valence-electron chi connectivity index (χ4n) is 3.49. The Morgan fingerprint density at radius 1 is 1.13 bits per heavy atom. The zero-order valence-corrected chi connectivity index (χ0v) is 17.8. The third kappa shape index (κ3) is 3.19. The highest BCUT2D eigenvalue weighted by Crippen LogP contribution is 2.42. The lowest BCUT2D eigenvalue weighted by atomic mass is 10.0. The normalized spacial score (nSPS) is 19.4. The lowest BCUT2D eigenvalue weighted by Crippen LogP contribution is -2.55. The number of hydrogen-bond acceptors (Lipinski definition) is 7. The van der Waals surface area contributed by atoms with E-state index in [-0.39, 0.29) is 22.9 Å². The first-order valence-electron chi connectivity index (χ1n) is 9.31. The first-order valence-corrected chi connectivity index (χ1v) is 10.8. The van der Waals surface area contributed by atoms with E-state index in [2.05, 4.69) is 0 Å². The van der Waals surface area contributed by atoms with Crippen LogP contribution in [0.2, 0.25) is 0 Å². The molecule has 2 aromatic rings. The number of carbonyl (C=O) groups excluding carboxylic acids is 2. The third-order valence-corrected chi connectivity index (χ3v) is 6.57. The summed E-state index contributed by atoms with van der Waals surface area (Å²) in [7, 11) is -4.24. The minimum Gasteiger partial charge on any atom is -0.458 e. The first-order chi connectivity index (χ1) is 14.0. The zero-order valence-electron chi connectivity index (χ0n) is 17.0. The number of Topliss-reactive ketones (excluding diaryl/α,β-unsaturated/α-hetero) is 1. The molecule has 30 heavy (non-hydrogen) atoms. The monoisotopic (exact) mass is 431 g/mol. The number of hydrogen-bond donors (Lipinski definition) is 0. The number of benzene rings is 2. The van der Waals surface area contributed by atoms with Crippen molar-refractivity contribution in [1.29, 1.82) is 0 Å². The Labute approximate surface area is 174 Å². The van der Waals surface area contributed by atoms with Crippen molar-refractivity contribution in [2.75, 3.05) is 11.1 Å². The van der Waals surface area contributed by atoms with Gasteiger partial charge in [-0.15, -0.1) is 0 Å². The predicted octanol–water partition coefficient (Wildman–Crippen LogP) is 2.83. The van der Waals surface area contributed by atoms with Gasteiger partial charge in [-0.1, -0.05) is 12.1 Å². The van der Waals surface area contributed by atoms with Crippen LogP contribution in [0.1, 0.15) is 36.7 Å². The second-order valence-corrected chi connectivity index (χ2v) is 9.87. The molecule has 4 rings (SSSR count). The fraction of sp³-hybridized carbons (Fsp3) is 0.333. The predicted molar refractivity (Wildman–Crippen MR) is 107 cm³/mol. The van der Waals surface area contributed by atoms with E-state index in [1.54, 1.807) is 39.8 Å². The molecule has 0 saturated heterocycles. The molecule has 0 amide bonds. The second kappa shape index (κ2) is 6.73. The summed E-state index contributed by atoms with van der Waals surface area (Å²) >= 11 is 0. The molecule has 0 fully saturated rings. The van der Waals surface area contributed by atoms with Gasteiger partial charge >= 0.3 is 5.97 Å². The van der Waals surface area contributed by atoms with E-state index >= 15 is 0 Å². The van der Waals surface area contributed by atoms with E-state index in [0.717, 1.165) is 4.31 Å². The molecular formula is C21H21NO7S. The van der Waals surface area contributed by atoms with Crippen molar-refractivity contribution in [1.82, 2.24) is 0 Å². The second-order valence-electron chi connectivity index (χ2n) is 8.09. The molecule has 2 aromatic carbocycles. The standard InChI is InChI=1S/C21H21NO7S/c1-12-9-15-16(28-11-27-15)10-14(12)22-18(20(24)29-21(2,3)4)19(23)13-7-5-6-8-17(13)30(22,25)26/h5-10,18H,11H2,1-4H3. The van der Waals surface area contributed by atoms with Crippen LogP contribution in [0.15, 0.2) is 41.3 Å². The topological polar surface area (TPSA) is 99.2 Å². The van der Waals surface area contributed by atoms with Crippen molar-refractivity contribution in [3.8, 4) is 11.5 Å². The SMILES string of the molecule is Cc1cc2c(cc1N1C(C(=O)OC(C)(C)C)C(=O)c3ccccc3S1(=O)=O)OCO2. The van der Waals surface area contributed by atoms with Gasteiger partial charge in [-0.3, -0.25) is 4.79 Å². The summed E-state index contributed by atoms with van der Waals surface area (Å²) in [6.07, 6.45) is 0. The maximum absolute atomic E-state index is 13.6. The molecule has 8 nitrogen and oxygen atoms in total. The van der Waals surface area contributed by atoms with Gasteiger partial charge in [-0.25, -0.2) is 17.5 Å². The van der Waals surface area contributed by atoms with E-state index in [9.17, 15) is 18.0 Å². The van der Waals surface area contributed by atoms with Crippen LogP contribution in [0.4, 0.5) is 5.69 Å². The highest BCUT2D eigenvalue weighted by molar-refractivity contribution is 7.93. The number of ketones is 1. The van der Waals surface area contributed by atoms with Gasteiger partial charge in [0, 0.05) is 11.6 Å². The number of rotatable bonds is 2. The number of aryl methyl sites for hydroxylation is 1. The smallest absolute Gasteiger partial charge is 0.338 e. The molecule has 0 radical (unpaired) electrons. The summed E-state index contributed by atoms with van der Waals surface area (Å²) in [6.45, 7) is 6.62. The van der Waals surface area contributed by atoms with Crippen molar-refractivity contribution in [3.63, 3.8) is 0 Å². The molecule has 0 spiro atoms. The third-order valence-electron chi connectivity index (χ3n) is 4.73. The van der Waals surface area contributed by atoms with Gasteiger partial charge in [0.1, 0.15) is 5.60 Å². The molecular weight excluding hydrogens is 410 g/mol. The van der Waals surface area contributed by atoms with Gasteiger partial charge in [0.05, 0.1) is 10.6 Å². The van der Waals surface area contributed by atoms with Gasteiger partial charge < -0.3 is 14.2 Å². The summed E-state index contributed by atoms with van der Waals surface area (Å²) in [5, 5.41) is 0. The van der Waals surface area contributed by atoms with Crippen LogP contribution in [0.5, 0.6) is 11.5 Å². The van der Waals surface area contributed by atoms with Gasteiger partial charge in [0.15, 0.2) is 17.3 Å². The van der Waals surface area contributed by atoms with Gasteiger partial charge in [0.2, 0.25) is 12.8 Å². The average Bonchev–Trinajstić information content (AvgIpc) is 3.09. The van der Waals surface area contributed by atoms with E-state index in [1.165, 1.54) is 24.3 Å². The Morgan fingerprint density at radius 3 is 2.43 bits per heavy atom. The molecule has 2 aliphatic rings. The Hall–Kier alpha value is -3.07. The van der Waals surface area contributed by atoms with Crippen LogP contribution in [0.25, 0.3) is 0 Å². The van der Waals surface area contributed by atoms with Crippen molar-refractivity contribution < 1.29 is 32.2 Å². The summed E-state index contributed by atoms with van der Waals surface area (Å²) in [4.78, 5) is 26.2. The van der Waals surface area contributed by atoms with E-state index in [0.29, 0.717) is 17.1 Å². The minimum atomic E-state index is -4.24. The lowest BCUT2D eigenvalue weighted by molar-refractivity contribution is -0.154. The Kier molecular flexibility index (Phi) is 4.54. The lowest BCUT2D eigenvalue weighted by Gasteiger charge is -2.36. The van der Waals surface area contributed by atoms with Crippen LogP contribution in [0, 0.1) is 6.92 Å². The Bertz CT molecular complexity index is 1160. The largest absolute Gasteiger partial charge is 0.458 e. The van der Waals surface area contributed by atoms with Crippen molar-refractivity contribution in [3.05, 3.63) is 47.5 Å². The molecule has 0 aromatic heterocycles. The Balaban J connectivity index is 1.95. The summed E-state index contributed by atoms with van der Waals surface area (Å²) in [5.74, 6) is -0.791. The van der Waals surface area contributed by atoms with Gasteiger partial charge in [-0.2, -0.15) is 0 Å². The number of anilines is 1. The quantitative estimate of drug-likeness (QED) is 0.532. The highest BCUT2D eigenvalue weighted by Gasteiger charge is 2.49. The van der Waals surface area contributed by atoms with Crippen LogP contribution in [-0.2, 0) is 19.6 Å². The minimum absolute atomic E-state index is 0.00222. The van der Waals surface area contributed by atoms with Crippen molar-refractivity contribution >= 4 is 27.5 Å². The average molecular weight is 431 g/mol. The number of ether oxygens (including phenoxy) is 3. The van der Waals surface area contributed by atoms with Crippen LogP contribution in [0.3, 0.4) is 0 Å². The number of esters is 1. The Morgan fingerprint density at radius 2 is 1.77 bits per heavy atom. The zero-order chi connectivity index (χ0) is 21.8. The number of carbonyl (C=O) groups is 2. The van der Waals surface area contributed by atoms with E-state index in [4.69, 9.17) is 14.2 Å². The molecule has 0 saturated carbocycles. The molecule has 1 atom stereocenters. The molecule has 0 aliphatic carbocycles. The summed E-state index contributed by atoms with van der Waals surface area (Å²) in [5.41, 5.74) is -0.294. The maximum Gasteiger partial charge on any atom is 0.338 e. The summed E-state index contributed by atoms with van der Waals surface area (Å²) in [6, 6.07) is 7.22. The number of nitrogens with zero attached hydrogens (tertiary/aromatic N) is 1.